The molecule has 0 unspecified atom stereocenters. The van der Waals surface area contributed by atoms with Crippen molar-refractivity contribution >= 4 is 0 Å². The summed E-state index contributed by atoms with van der Waals surface area (Å²) in [7, 11) is 0. The normalized spacial score (nSPS) is 31.5. The van der Waals surface area contributed by atoms with Crippen LogP contribution in [-0.2, 0) is 18.9 Å². The molecule has 0 saturated carbocycles. The van der Waals surface area contributed by atoms with Crippen molar-refractivity contribution in [3.05, 3.63) is 0 Å². The van der Waals surface area contributed by atoms with Crippen LogP contribution in [-0.4, -0.2) is 63.1 Å². The third kappa shape index (κ3) is 3.89. The number of rotatable bonds is 8. The van der Waals surface area contributed by atoms with Crippen LogP contribution in [0, 0.1) is 0 Å². The first-order valence-electron chi connectivity index (χ1n) is 4.92. The lowest BCUT2D eigenvalue weighted by Gasteiger charge is -2.14. The van der Waals surface area contributed by atoms with Gasteiger partial charge in [0.2, 0.25) is 0 Å². The van der Waals surface area contributed by atoms with Crippen LogP contribution >= 0.6 is 0 Å². The zero-order valence-electron chi connectivity index (χ0n) is 8.05. The van der Waals surface area contributed by atoms with E-state index in [4.69, 9.17) is 24.1 Å². The van der Waals surface area contributed by atoms with Gasteiger partial charge >= 0.3 is 0 Å². The molecule has 0 spiro atoms. The lowest BCUT2D eigenvalue weighted by Crippen LogP contribution is -2.26. The fourth-order valence-electron chi connectivity index (χ4n) is 1.06. The van der Waals surface area contributed by atoms with Crippen LogP contribution in [0.4, 0.5) is 0 Å². The van der Waals surface area contributed by atoms with Gasteiger partial charge in [-0.25, -0.2) is 0 Å². The summed E-state index contributed by atoms with van der Waals surface area (Å²) < 4.78 is 20.7. The van der Waals surface area contributed by atoms with E-state index in [9.17, 15) is 0 Å². The topological polar surface area (TPSA) is 63.8 Å². The molecular weight excluding hydrogens is 188 g/mol. The number of ether oxygens (including phenoxy) is 4. The van der Waals surface area contributed by atoms with Gasteiger partial charge in [-0.15, -0.1) is 0 Å². The lowest BCUT2D eigenvalue weighted by molar-refractivity contribution is -0.0481. The molecule has 2 aliphatic rings. The molecule has 82 valence electrons. The van der Waals surface area contributed by atoms with Gasteiger partial charge in [-0.1, -0.05) is 0 Å². The minimum absolute atomic E-state index is 0.0156. The number of aliphatic hydroxyl groups excluding tert-OH is 1. The molecule has 14 heavy (non-hydrogen) atoms. The van der Waals surface area contributed by atoms with E-state index in [-0.39, 0.29) is 24.9 Å². The molecule has 0 aromatic heterocycles. The third-order valence-corrected chi connectivity index (χ3v) is 2.13. The summed E-state index contributed by atoms with van der Waals surface area (Å²) in [5, 5.41) is 8.96. The highest BCUT2D eigenvalue weighted by Gasteiger charge is 2.25. The minimum atomic E-state index is -0.238. The summed E-state index contributed by atoms with van der Waals surface area (Å²) in [6, 6.07) is 0. The Morgan fingerprint density at radius 3 is 2.43 bits per heavy atom. The molecule has 2 saturated heterocycles. The van der Waals surface area contributed by atoms with E-state index in [0.717, 1.165) is 13.2 Å². The smallest absolute Gasteiger partial charge is 0.104 e. The molecule has 5 heteroatoms. The maximum absolute atomic E-state index is 8.96. The molecule has 5 nitrogen and oxygen atoms in total. The SMILES string of the molecule is OC[C@@H](COC[C@@H]1CO1)OC[C@@H]1CO1. The Labute approximate surface area is 82.9 Å². The predicted molar refractivity (Wildman–Crippen MR) is 47.1 cm³/mol. The standard InChI is InChI=1S/C9H16O5/c10-1-7(12-5-9-6-14-9)2-11-3-8-4-13-8/h7-10H,1-6H2/t7-,8+,9+/m0/s1. The van der Waals surface area contributed by atoms with Crippen molar-refractivity contribution in [3.8, 4) is 0 Å². The molecule has 1 N–H and O–H groups in total. The Bertz CT molecular complexity index is 167. The minimum Gasteiger partial charge on any atom is -0.394 e. The zero-order valence-corrected chi connectivity index (χ0v) is 8.05. The fraction of sp³-hybridized carbons (Fsp3) is 1.00. The Hall–Kier alpha value is -0.200. The molecule has 0 aromatic carbocycles. The van der Waals surface area contributed by atoms with Crippen LogP contribution in [0.5, 0.6) is 0 Å². The van der Waals surface area contributed by atoms with Crippen molar-refractivity contribution in [1.29, 1.82) is 0 Å². The van der Waals surface area contributed by atoms with Gasteiger partial charge in [0.1, 0.15) is 18.3 Å². The third-order valence-electron chi connectivity index (χ3n) is 2.13. The quantitative estimate of drug-likeness (QED) is 0.523. The molecule has 0 aromatic rings. The van der Waals surface area contributed by atoms with Gasteiger partial charge in [0, 0.05) is 0 Å². The average molecular weight is 204 g/mol. The van der Waals surface area contributed by atoms with Crippen LogP contribution in [0.1, 0.15) is 0 Å². The van der Waals surface area contributed by atoms with Gasteiger partial charge in [0.25, 0.3) is 0 Å². The predicted octanol–water partition coefficient (Wildman–Crippen LogP) is -0.822. The van der Waals surface area contributed by atoms with Gasteiger partial charge in [-0.2, -0.15) is 0 Å². The molecule has 0 aliphatic carbocycles. The van der Waals surface area contributed by atoms with Crippen LogP contribution in [0.15, 0.2) is 0 Å². The highest BCUT2D eigenvalue weighted by atomic mass is 16.6. The molecule has 2 rings (SSSR count). The summed E-state index contributed by atoms with van der Waals surface area (Å²) in [5.74, 6) is 0. The lowest BCUT2D eigenvalue weighted by atomic mass is 10.4. The molecule has 2 fully saturated rings. The second-order valence-electron chi connectivity index (χ2n) is 3.59. The van der Waals surface area contributed by atoms with Crippen molar-refractivity contribution in [2.75, 3.05) is 39.6 Å². The first-order chi connectivity index (χ1) is 6.88. The number of aliphatic hydroxyl groups is 1. The van der Waals surface area contributed by atoms with Crippen LogP contribution in [0.2, 0.25) is 0 Å². The van der Waals surface area contributed by atoms with Gasteiger partial charge in [-0.3, -0.25) is 0 Å². The molecule has 3 atom stereocenters. The van der Waals surface area contributed by atoms with Gasteiger partial charge in [-0.05, 0) is 0 Å². The van der Waals surface area contributed by atoms with Crippen molar-refractivity contribution in [2.45, 2.75) is 18.3 Å². The van der Waals surface area contributed by atoms with Crippen molar-refractivity contribution in [3.63, 3.8) is 0 Å². The average Bonchev–Trinajstić information content (AvgIpc) is 3.01. The molecule has 2 heterocycles. The summed E-state index contributed by atoms with van der Waals surface area (Å²) in [6.45, 7) is 3.12. The second kappa shape index (κ2) is 5.04. The number of epoxide rings is 2. The van der Waals surface area contributed by atoms with Crippen molar-refractivity contribution in [2.24, 2.45) is 0 Å². The Balaban J connectivity index is 1.49. The van der Waals surface area contributed by atoms with Crippen molar-refractivity contribution in [1.82, 2.24) is 0 Å². The van der Waals surface area contributed by atoms with Gasteiger partial charge in [0.05, 0.1) is 39.6 Å². The van der Waals surface area contributed by atoms with E-state index < -0.39 is 0 Å². The maximum Gasteiger partial charge on any atom is 0.104 e. The van der Waals surface area contributed by atoms with Crippen molar-refractivity contribution < 1.29 is 24.1 Å². The highest BCUT2D eigenvalue weighted by molar-refractivity contribution is 4.70. The van der Waals surface area contributed by atoms with Gasteiger partial charge < -0.3 is 24.1 Å². The largest absolute Gasteiger partial charge is 0.394 e. The molecule has 0 amide bonds. The maximum atomic E-state index is 8.96. The van der Waals surface area contributed by atoms with Crippen LogP contribution in [0.3, 0.4) is 0 Å². The summed E-state index contributed by atoms with van der Waals surface area (Å²) in [5.41, 5.74) is 0. The van der Waals surface area contributed by atoms with Crippen LogP contribution < -0.4 is 0 Å². The molecule has 0 bridgehead atoms. The summed E-state index contributed by atoms with van der Waals surface area (Å²) in [6.07, 6.45) is 0.259. The first kappa shape index (κ1) is 10.3. The zero-order chi connectivity index (χ0) is 9.80. The fourth-order valence-corrected chi connectivity index (χ4v) is 1.06. The Kier molecular flexibility index (Phi) is 3.72. The summed E-state index contributed by atoms with van der Waals surface area (Å²) in [4.78, 5) is 0. The molecular formula is C9H16O5. The van der Waals surface area contributed by atoms with E-state index in [1.807, 2.05) is 0 Å². The molecule has 2 aliphatic heterocycles. The summed E-state index contributed by atoms with van der Waals surface area (Å²) >= 11 is 0. The Morgan fingerprint density at radius 1 is 1.21 bits per heavy atom. The molecule has 0 radical (unpaired) electrons. The van der Waals surface area contributed by atoms with Crippen LogP contribution in [0.25, 0.3) is 0 Å². The highest BCUT2D eigenvalue weighted by Crippen LogP contribution is 2.11. The number of hydrogen-bond donors (Lipinski definition) is 1. The number of hydrogen-bond acceptors (Lipinski definition) is 5. The van der Waals surface area contributed by atoms with E-state index in [0.29, 0.717) is 19.8 Å². The Morgan fingerprint density at radius 2 is 1.86 bits per heavy atom. The monoisotopic (exact) mass is 204 g/mol. The first-order valence-corrected chi connectivity index (χ1v) is 4.92. The van der Waals surface area contributed by atoms with E-state index in [1.165, 1.54) is 0 Å². The van der Waals surface area contributed by atoms with E-state index in [1.54, 1.807) is 0 Å². The van der Waals surface area contributed by atoms with E-state index in [2.05, 4.69) is 0 Å². The second-order valence-corrected chi connectivity index (χ2v) is 3.59. The van der Waals surface area contributed by atoms with E-state index >= 15 is 0 Å². The van der Waals surface area contributed by atoms with Gasteiger partial charge in [0.15, 0.2) is 0 Å².